The fraction of sp³-hybridized carbons (Fsp3) is 0.467. The van der Waals surface area contributed by atoms with Crippen LogP contribution in [0.2, 0.25) is 0 Å². The van der Waals surface area contributed by atoms with Gasteiger partial charge in [-0.15, -0.1) is 22.6 Å². The molecule has 2 aromatic rings. The van der Waals surface area contributed by atoms with Crippen LogP contribution in [-0.4, -0.2) is 24.7 Å². The zero-order chi connectivity index (χ0) is 16.6. The van der Waals surface area contributed by atoms with Gasteiger partial charge in [-0.25, -0.2) is 8.42 Å². The second kappa shape index (κ2) is 7.35. The molecule has 0 amide bonds. The summed E-state index contributed by atoms with van der Waals surface area (Å²) in [5.74, 6) is 0.219. The molecular weight excluding hydrogens is 368 g/mol. The number of benzene rings is 1. The molecule has 0 aliphatic heterocycles. The third-order valence-corrected chi connectivity index (χ3v) is 6.52. The van der Waals surface area contributed by atoms with Crippen molar-refractivity contribution in [3.05, 3.63) is 34.3 Å². The lowest BCUT2D eigenvalue weighted by Gasteiger charge is -2.21. The van der Waals surface area contributed by atoms with Crippen LogP contribution in [-0.2, 0) is 22.9 Å². The number of aryl methyl sites for hydroxylation is 1. The van der Waals surface area contributed by atoms with E-state index in [4.69, 9.17) is 5.73 Å². The predicted molar refractivity (Wildman–Crippen MR) is 98.5 cm³/mol. The molecule has 0 saturated heterocycles. The van der Waals surface area contributed by atoms with Crippen LogP contribution in [0.4, 0.5) is 5.13 Å². The standard InChI is InChI=1S/C15H20N4O2S2.ClH/c1-9(2)14-17-18-15(22-14)19-23(20,21)13-6-4-10-3-5-12(16)7-11(10)8-13;/h4,6,8-9,12H,3,5,7,16H2,1-2H3,(H,18,19);1H/t12-;/m0./s1. The molecule has 24 heavy (non-hydrogen) atoms. The van der Waals surface area contributed by atoms with Crippen molar-refractivity contribution in [3.8, 4) is 0 Å². The Hall–Kier alpha value is -1.22. The molecule has 3 rings (SSSR count). The lowest BCUT2D eigenvalue weighted by Crippen LogP contribution is -2.28. The van der Waals surface area contributed by atoms with Crippen molar-refractivity contribution in [1.82, 2.24) is 10.2 Å². The van der Waals surface area contributed by atoms with E-state index in [1.807, 2.05) is 19.9 Å². The molecule has 1 aromatic carbocycles. The van der Waals surface area contributed by atoms with Gasteiger partial charge in [-0.1, -0.05) is 31.3 Å². The van der Waals surface area contributed by atoms with E-state index in [1.54, 1.807) is 12.1 Å². The Morgan fingerprint density at radius 1 is 1.29 bits per heavy atom. The molecular formula is C15H21ClN4O2S2. The van der Waals surface area contributed by atoms with Gasteiger partial charge in [-0.2, -0.15) is 0 Å². The van der Waals surface area contributed by atoms with Gasteiger partial charge in [-0.05, 0) is 42.5 Å². The Kier molecular flexibility index (Phi) is 5.85. The number of nitrogens with zero attached hydrogens (tertiary/aromatic N) is 2. The molecule has 0 bridgehead atoms. The summed E-state index contributed by atoms with van der Waals surface area (Å²) in [6, 6.07) is 5.35. The van der Waals surface area contributed by atoms with Crippen LogP contribution in [0.5, 0.6) is 0 Å². The number of nitrogens with two attached hydrogens (primary N) is 1. The number of aromatic nitrogens is 2. The number of hydrogen-bond donors (Lipinski definition) is 2. The van der Waals surface area contributed by atoms with Crippen LogP contribution in [0.3, 0.4) is 0 Å². The second-order valence-electron chi connectivity index (χ2n) is 6.14. The van der Waals surface area contributed by atoms with E-state index in [0.29, 0.717) is 5.13 Å². The number of nitrogens with one attached hydrogen (secondary N) is 1. The smallest absolute Gasteiger partial charge is 0.263 e. The van der Waals surface area contributed by atoms with Crippen LogP contribution in [0.1, 0.15) is 42.3 Å². The third kappa shape index (κ3) is 4.05. The molecule has 3 N–H and O–H groups in total. The number of hydrogen-bond acceptors (Lipinski definition) is 6. The van der Waals surface area contributed by atoms with Crippen LogP contribution in [0.15, 0.2) is 23.1 Å². The van der Waals surface area contributed by atoms with E-state index >= 15 is 0 Å². The number of rotatable bonds is 4. The zero-order valence-electron chi connectivity index (χ0n) is 13.5. The van der Waals surface area contributed by atoms with Crippen molar-refractivity contribution >= 4 is 38.9 Å². The van der Waals surface area contributed by atoms with Gasteiger partial charge >= 0.3 is 0 Å². The number of halogens is 1. The molecule has 0 spiro atoms. The lowest BCUT2D eigenvalue weighted by atomic mass is 9.89. The predicted octanol–water partition coefficient (Wildman–Crippen LogP) is 2.70. The van der Waals surface area contributed by atoms with Crippen molar-refractivity contribution in [2.24, 2.45) is 5.73 Å². The van der Waals surface area contributed by atoms with Gasteiger partial charge in [0.15, 0.2) is 0 Å². The molecule has 1 aliphatic rings. The van der Waals surface area contributed by atoms with Gasteiger partial charge in [-0.3, -0.25) is 4.72 Å². The van der Waals surface area contributed by atoms with Crippen molar-refractivity contribution in [3.63, 3.8) is 0 Å². The summed E-state index contributed by atoms with van der Waals surface area (Å²) < 4.78 is 27.6. The fourth-order valence-corrected chi connectivity index (χ4v) is 4.64. The minimum atomic E-state index is -3.66. The SMILES string of the molecule is CC(C)c1nnc(NS(=O)(=O)c2ccc3c(c2)C[C@@H](N)CC3)s1.Cl. The van der Waals surface area contributed by atoms with Gasteiger partial charge in [0.1, 0.15) is 5.01 Å². The maximum atomic E-state index is 12.5. The van der Waals surface area contributed by atoms with E-state index in [1.165, 1.54) is 16.9 Å². The highest BCUT2D eigenvalue weighted by molar-refractivity contribution is 7.93. The quantitative estimate of drug-likeness (QED) is 0.839. The lowest BCUT2D eigenvalue weighted by molar-refractivity contribution is 0.573. The van der Waals surface area contributed by atoms with Gasteiger partial charge in [0.2, 0.25) is 5.13 Å². The Labute approximate surface area is 152 Å². The Morgan fingerprint density at radius 2 is 2.04 bits per heavy atom. The van der Waals surface area contributed by atoms with E-state index in [-0.39, 0.29) is 29.3 Å². The highest BCUT2D eigenvalue weighted by atomic mass is 35.5. The molecule has 0 unspecified atom stereocenters. The van der Waals surface area contributed by atoms with Gasteiger partial charge in [0.05, 0.1) is 4.90 Å². The largest absolute Gasteiger partial charge is 0.327 e. The topological polar surface area (TPSA) is 98.0 Å². The van der Waals surface area contributed by atoms with Crippen molar-refractivity contribution < 1.29 is 8.42 Å². The van der Waals surface area contributed by atoms with Crippen molar-refractivity contribution in [1.29, 1.82) is 0 Å². The van der Waals surface area contributed by atoms with E-state index < -0.39 is 10.0 Å². The monoisotopic (exact) mass is 388 g/mol. The van der Waals surface area contributed by atoms with Crippen LogP contribution in [0, 0.1) is 0 Å². The van der Waals surface area contributed by atoms with Gasteiger partial charge in [0.25, 0.3) is 10.0 Å². The van der Waals surface area contributed by atoms with Crippen LogP contribution in [0.25, 0.3) is 0 Å². The summed E-state index contributed by atoms with van der Waals surface area (Å²) >= 11 is 1.26. The molecule has 9 heteroatoms. The Balaban J connectivity index is 0.00000208. The van der Waals surface area contributed by atoms with E-state index in [9.17, 15) is 8.42 Å². The van der Waals surface area contributed by atoms with Gasteiger partial charge < -0.3 is 5.73 Å². The molecule has 0 saturated carbocycles. The molecule has 132 valence electrons. The second-order valence-corrected chi connectivity index (χ2v) is 8.83. The average molecular weight is 389 g/mol. The number of sulfonamides is 1. The maximum absolute atomic E-state index is 12.5. The summed E-state index contributed by atoms with van der Waals surface area (Å²) in [4.78, 5) is 0.242. The Bertz CT molecular complexity index is 821. The molecule has 1 aromatic heterocycles. The summed E-state index contributed by atoms with van der Waals surface area (Å²) in [7, 11) is -3.66. The highest BCUT2D eigenvalue weighted by Gasteiger charge is 2.21. The molecule has 1 aliphatic carbocycles. The number of fused-ring (bicyclic) bond motifs is 1. The first-order chi connectivity index (χ1) is 10.8. The van der Waals surface area contributed by atoms with Gasteiger partial charge in [0, 0.05) is 12.0 Å². The average Bonchev–Trinajstić information content (AvgIpc) is 2.94. The van der Waals surface area contributed by atoms with Crippen molar-refractivity contribution in [2.75, 3.05) is 4.72 Å². The van der Waals surface area contributed by atoms with E-state index in [2.05, 4.69) is 14.9 Å². The molecule has 0 radical (unpaired) electrons. The molecule has 1 atom stereocenters. The van der Waals surface area contributed by atoms with Crippen LogP contribution >= 0.6 is 23.7 Å². The number of anilines is 1. The van der Waals surface area contributed by atoms with Crippen molar-refractivity contribution in [2.45, 2.75) is 50.0 Å². The first kappa shape index (κ1) is 19.1. The summed E-state index contributed by atoms with van der Waals surface area (Å²) in [5, 5.41) is 9.00. The zero-order valence-corrected chi connectivity index (χ0v) is 16.0. The van der Waals surface area contributed by atoms with Crippen LogP contribution < -0.4 is 10.5 Å². The molecule has 6 nitrogen and oxygen atoms in total. The Morgan fingerprint density at radius 3 is 2.71 bits per heavy atom. The summed E-state index contributed by atoms with van der Waals surface area (Å²) in [5.41, 5.74) is 8.19. The summed E-state index contributed by atoms with van der Waals surface area (Å²) in [6.07, 6.45) is 2.56. The minimum Gasteiger partial charge on any atom is -0.327 e. The van der Waals surface area contributed by atoms with E-state index in [0.717, 1.165) is 29.8 Å². The summed E-state index contributed by atoms with van der Waals surface area (Å²) in [6.45, 7) is 3.98. The fourth-order valence-electron chi connectivity index (χ4n) is 2.61. The molecule has 0 fully saturated rings. The first-order valence-electron chi connectivity index (χ1n) is 7.59. The third-order valence-electron chi connectivity index (χ3n) is 3.91. The normalized spacial score (nSPS) is 17.2. The maximum Gasteiger partial charge on any atom is 0.263 e. The first-order valence-corrected chi connectivity index (χ1v) is 9.89. The highest BCUT2D eigenvalue weighted by Crippen LogP contribution is 2.27. The molecule has 1 heterocycles. The minimum absolute atomic E-state index is 0.